The predicted octanol–water partition coefficient (Wildman–Crippen LogP) is 3.26. The largest absolute Gasteiger partial charge is 0.382 e. The number of hydrogen-bond donors (Lipinski definition) is 0. The minimum atomic E-state index is -0.989. The van der Waals surface area contributed by atoms with Crippen LogP contribution in [0.2, 0.25) is 0 Å². The third kappa shape index (κ3) is 4.29. The van der Waals surface area contributed by atoms with Crippen molar-refractivity contribution >= 4 is 11.6 Å². The summed E-state index contributed by atoms with van der Waals surface area (Å²) in [5, 5.41) is 3.73. The molecule has 138 valence electrons. The molecule has 0 bridgehead atoms. The molecule has 0 radical (unpaired) electrons. The molecule has 0 N–H and O–H groups in total. The number of benzene rings is 2. The van der Waals surface area contributed by atoms with Gasteiger partial charge in [0.15, 0.2) is 0 Å². The molecule has 1 unspecified atom stereocenters. The number of rotatable bonds is 5. The van der Waals surface area contributed by atoms with Crippen LogP contribution in [0.25, 0.3) is 0 Å². The first-order valence-electron chi connectivity index (χ1n) is 8.12. The average Bonchev–Trinajstić information content (AvgIpc) is 3.14. The molecule has 0 aliphatic carbocycles. The Morgan fingerprint density at radius 3 is 2.59 bits per heavy atom. The number of nitrogens with zero attached hydrogens (tertiary/aromatic N) is 2. The van der Waals surface area contributed by atoms with Gasteiger partial charge in [0, 0.05) is 18.5 Å². The summed E-state index contributed by atoms with van der Waals surface area (Å²) < 4.78 is 40.3. The van der Waals surface area contributed by atoms with Gasteiger partial charge in [-0.05, 0) is 35.9 Å². The van der Waals surface area contributed by atoms with Crippen molar-refractivity contribution in [3.05, 3.63) is 71.0 Å². The van der Waals surface area contributed by atoms with Gasteiger partial charge in [-0.3, -0.25) is 4.79 Å². The lowest BCUT2D eigenvalue weighted by atomic mass is 10.0. The number of amides is 1. The smallest absolute Gasteiger partial charge is 0.267 e. The van der Waals surface area contributed by atoms with Gasteiger partial charge in [0.05, 0.1) is 12.3 Å². The number of oxime groups is 1. The first kappa shape index (κ1) is 18.5. The van der Waals surface area contributed by atoms with Crippen molar-refractivity contribution in [2.24, 2.45) is 5.16 Å². The third-order valence-electron chi connectivity index (χ3n) is 4.06. The highest BCUT2D eigenvalue weighted by atomic mass is 19.1. The van der Waals surface area contributed by atoms with Crippen molar-refractivity contribution in [2.75, 3.05) is 6.54 Å². The molecule has 1 aliphatic heterocycles. The maximum atomic E-state index is 13.9. The van der Waals surface area contributed by atoms with E-state index in [2.05, 4.69) is 11.1 Å². The Hall–Kier alpha value is -3.27. The van der Waals surface area contributed by atoms with Gasteiger partial charge in [-0.15, -0.1) is 6.42 Å². The van der Waals surface area contributed by atoms with Gasteiger partial charge < -0.3 is 9.74 Å². The zero-order valence-corrected chi connectivity index (χ0v) is 14.2. The quantitative estimate of drug-likeness (QED) is 0.756. The fraction of sp³-hybridized carbons (Fsp3) is 0.200. The molecule has 1 atom stereocenters. The molecular formula is C20H15F3N2O2. The van der Waals surface area contributed by atoms with E-state index in [1.165, 1.54) is 17.0 Å². The van der Waals surface area contributed by atoms with E-state index >= 15 is 0 Å². The van der Waals surface area contributed by atoms with Crippen LogP contribution in [-0.2, 0) is 16.2 Å². The van der Waals surface area contributed by atoms with E-state index in [-0.39, 0.29) is 36.6 Å². The number of halogens is 3. The van der Waals surface area contributed by atoms with Crippen molar-refractivity contribution in [2.45, 2.75) is 19.1 Å². The summed E-state index contributed by atoms with van der Waals surface area (Å²) in [5.74, 6) is 0.298. The van der Waals surface area contributed by atoms with Crippen molar-refractivity contribution < 1.29 is 22.8 Å². The number of carbonyl (C=O) groups excluding carboxylic acids is 1. The fourth-order valence-corrected chi connectivity index (χ4v) is 2.72. The van der Waals surface area contributed by atoms with Gasteiger partial charge in [0.2, 0.25) is 6.10 Å². The van der Waals surface area contributed by atoms with Crippen LogP contribution in [0.1, 0.15) is 17.5 Å². The van der Waals surface area contributed by atoms with E-state index in [1.807, 2.05) is 0 Å². The molecular weight excluding hydrogens is 357 g/mol. The molecule has 0 saturated carbocycles. The number of hydrogen-bond acceptors (Lipinski definition) is 3. The minimum absolute atomic E-state index is 0.0102. The summed E-state index contributed by atoms with van der Waals surface area (Å²) >= 11 is 0. The summed E-state index contributed by atoms with van der Waals surface area (Å²) in [5.41, 5.74) is 0.787. The lowest BCUT2D eigenvalue weighted by molar-refractivity contribution is -0.142. The highest BCUT2D eigenvalue weighted by Crippen LogP contribution is 2.22. The summed E-state index contributed by atoms with van der Waals surface area (Å²) in [7, 11) is 0. The Morgan fingerprint density at radius 2 is 1.89 bits per heavy atom. The molecule has 4 nitrogen and oxygen atoms in total. The molecule has 1 aliphatic rings. The number of carbonyl (C=O) groups is 1. The molecule has 0 spiro atoms. The zero-order chi connectivity index (χ0) is 19.4. The van der Waals surface area contributed by atoms with E-state index < -0.39 is 23.6 Å². The van der Waals surface area contributed by atoms with Crippen LogP contribution >= 0.6 is 0 Å². The van der Waals surface area contributed by atoms with E-state index in [9.17, 15) is 18.0 Å². The molecule has 1 amide bonds. The Kier molecular flexibility index (Phi) is 5.46. The molecule has 27 heavy (non-hydrogen) atoms. The van der Waals surface area contributed by atoms with Crippen LogP contribution in [0.5, 0.6) is 0 Å². The van der Waals surface area contributed by atoms with E-state index in [1.54, 1.807) is 12.1 Å². The van der Waals surface area contributed by atoms with Gasteiger partial charge in [-0.2, -0.15) is 0 Å². The normalized spacial score (nSPS) is 15.6. The van der Waals surface area contributed by atoms with Crippen LogP contribution < -0.4 is 0 Å². The van der Waals surface area contributed by atoms with E-state index in [0.717, 1.165) is 18.2 Å². The van der Waals surface area contributed by atoms with E-state index in [4.69, 9.17) is 11.3 Å². The van der Waals surface area contributed by atoms with Crippen LogP contribution in [0.4, 0.5) is 13.2 Å². The summed E-state index contributed by atoms with van der Waals surface area (Å²) in [6.45, 7) is 0.173. The van der Waals surface area contributed by atoms with Crippen molar-refractivity contribution in [3.63, 3.8) is 0 Å². The standard InChI is InChI=1S/C20H15F3N2O2/c1-2-9-25(12-13-3-5-14(21)6-4-13)20(26)19-11-18(24-27-19)16-10-15(22)7-8-17(16)23/h1,3-8,10,19H,9,11-12H2. The van der Waals surface area contributed by atoms with Crippen LogP contribution in [0, 0.1) is 29.8 Å². The van der Waals surface area contributed by atoms with Gasteiger partial charge in [-0.1, -0.05) is 23.2 Å². The topological polar surface area (TPSA) is 41.9 Å². The minimum Gasteiger partial charge on any atom is -0.382 e. The molecule has 0 fully saturated rings. The van der Waals surface area contributed by atoms with Crippen molar-refractivity contribution in [1.82, 2.24) is 4.90 Å². The maximum absolute atomic E-state index is 13.9. The Bertz CT molecular complexity index is 920. The lowest BCUT2D eigenvalue weighted by Crippen LogP contribution is -2.39. The SMILES string of the molecule is C#CCN(Cc1ccc(F)cc1)C(=O)C1CC(c2cc(F)ccc2F)=NO1. The highest BCUT2D eigenvalue weighted by Gasteiger charge is 2.33. The lowest BCUT2D eigenvalue weighted by Gasteiger charge is -2.22. The monoisotopic (exact) mass is 372 g/mol. The van der Waals surface area contributed by atoms with E-state index in [0.29, 0.717) is 5.56 Å². The van der Waals surface area contributed by atoms with Crippen LogP contribution in [-0.4, -0.2) is 29.2 Å². The molecule has 3 rings (SSSR count). The molecule has 7 heteroatoms. The Balaban J connectivity index is 1.71. The summed E-state index contributed by atoms with van der Waals surface area (Å²) in [4.78, 5) is 19.2. The molecule has 0 saturated heterocycles. The van der Waals surface area contributed by atoms with Gasteiger partial charge in [0.1, 0.15) is 17.5 Å². The first-order chi connectivity index (χ1) is 13.0. The predicted molar refractivity (Wildman–Crippen MR) is 93.0 cm³/mol. The second-order valence-corrected chi connectivity index (χ2v) is 5.99. The Labute approximate surface area is 154 Å². The van der Waals surface area contributed by atoms with Gasteiger partial charge in [-0.25, -0.2) is 13.2 Å². The maximum Gasteiger partial charge on any atom is 0.267 e. The molecule has 1 heterocycles. The second kappa shape index (κ2) is 7.96. The van der Waals surface area contributed by atoms with Gasteiger partial charge >= 0.3 is 0 Å². The fourth-order valence-electron chi connectivity index (χ4n) is 2.72. The average molecular weight is 372 g/mol. The highest BCUT2D eigenvalue weighted by molar-refractivity contribution is 6.04. The second-order valence-electron chi connectivity index (χ2n) is 5.99. The summed E-state index contributed by atoms with van der Waals surface area (Å²) in [6.07, 6.45) is 4.33. The van der Waals surface area contributed by atoms with Crippen LogP contribution in [0.15, 0.2) is 47.6 Å². The Morgan fingerprint density at radius 1 is 1.19 bits per heavy atom. The van der Waals surface area contributed by atoms with Crippen LogP contribution in [0.3, 0.4) is 0 Å². The van der Waals surface area contributed by atoms with Crippen molar-refractivity contribution in [3.8, 4) is 12.3 Å². The van der Waals surface area contributed by atoms with Gasteiger partial charge in [0.25, 0.3) is 5.91 Å². The van der Waals surface area contributed by atoms with Crippen molar-refractivity contribution in [1.29, 1.82) is 0 Å². The molecule has 0 aromatic heterocycles. The molecule has 2 aromatic carbocycles. The number of terminal acetylenes is 1. The third-order valence-corrected chi connectivity index (χ3v) is 4.06. The summed E-state index contributed by atoms with van der Waals surface area (Å²) in [6, 6.07) is 8.65. The molecule has 2 aromatic rings. The first-order valence-corrected chi connectivity index (χ1v) is 8.12. The zero-order valence-electron chi connectivity index (χ0n) is 14.2.